The van der Waals surface area contributed by atoms with Crippen molar-refractivity contribution < 1.29 is 80.2 Å². The highest BCUT2D eigenvalue weighted by Gasteiger charge is 2.30. The van der Waals surface area contributed by atoms with Gasteiger partial charge in [0.2, 0.25) is 0 Å². The number of aliphatic hydroxyl groups is 1. The van der Waals surface area contributed by atoms with Crippen molar-refractivity contribution in [1.29, 1.82) is 0 Å². The third-order valence-electron chi connectivity index (χ3n) is 17.3. The normalized spacial score (nSPS) is 14.5. The lowest BCUT2D eigenvalue weighted by molar-refractivity contribution is -0.161. The minimum Gasteiger partial charge on any atom is -0.462 e. The van der Waals surface area contributed by atoms with Gasteiger partial charge in [-0.2, -0.15) is 0 Å². The highest BCUT2D eigenvalue weighted by atomic mass is 31.2. The summed E-state index contributed by atoms with van der Waals surface area (Å²) in [5, 5.41) is 10.7. The molecule has 0 aliphatic heterocycles. The smallest absolute Gasteiger partial charge is 0.462 e. The van der Waals surface area contributed by atoms with Crippen LogP contribution in [0.3, 0.4) is 0 Å². The van der Waals surface area contributed by atoms with Gasteiger partial charge in [0.1, 0.15) is 19.3 Å². The first-order chi connectivity index (χ1) is 52.7. The fourth-order valence-electron chi connectivity index (χ4n) is 11.0. The van der Waals surface area contributed by atoms with Crippen molar-refractivity contribution in [3.63, 3.8) is 0 Å². The Hall–Kier alpha value is -5.06. The van der Waals surface area contributed by atoms with E-state index in [2.05, 4.69) is 174 Å². The summed E-state index contributed by atoms with van der Waals surface area (Å²) in [5.41, 5.74) is 0. The van der Waals surface area contributed by atoms with Gasteiger partial charge < -0.3 is 33.8 Å². The van der Waals surface area contributed by atoms with Crippen molar-refractivity contribution in [3.8, 4) is 0 Å². The molecule has 0 spiro atoms. The molecule has 0 aliphatic rings. The maximum atomic E-state index is 13.1. The molecule has 0 aromatic rings. The summed E-state index contributed by atoms with van der Waals surface area (Å²) in [6.07, 6.45) is 92.4. The quantitative estimate of drug-likeness (QED) is 0.0169. The molecule has 19 heteroatoms. The van der Waals surface area contributed by atoms with Crippen LogP contribution in [-0.4, -0.2) is 96.7 Å². The van der Waals surface area contributed by atoms with Crippen LogP contribution in [-0.2, 0) is 65.4 Å². The Balaban J connectivity index is 5.44. The van der Waals surface area contributed by atoms with E-state index in [1.807, 2.05) is 0 Å². The molecule has 0 saturated heterocycles. The third kappa shape index (κ3) is 79.0. The lowest BCUT2D eigenvalue weighted by Gasteiger charge is -2.21. The number of hydrogen-bond donors (Lipinski definition) is 3. The maximum Gasteiger partial charge on any atom is 0.472 e. The lowest BCUT2D eigenvalue weighted by Crippen LogP contribution is -2.30. The van der Waals surface area contributed by atoms with E-state index in [1.165, 1.54) is 83.5 Å². The first-order valence-corrected chi connectivity index (χ1v) is 45.1. The van der Waals surface area contributed by atoms with Gasteiger partial charge >= 0.3 is 39.5 Å². The highest BCUT2D eigenvalue weighted by molar-refractivity contribution is 7.47. The fourth-order valence-corrected chi connectivity index (χ4v) is 12.5. The van der Waals surface area contributed by atoms with Gasteiger partial charge in [-0.15, -0.1) is 0 Å². The van der Waals surface area contributed by atoms with Crippen LogP contribution in [0.1, 0.15) is 336 Å². The van der Waals surface area contributed by atoms with Crippen molar-refractivity contribution in [2.24, 2.45) is 0 Å². The van der Waals surface area contributed by atoms with E-state index in [4.69, 9.17) is 37.0 Å². The van der Waals surface area contributed by atoms with Crippen LogP contribution in [0, 0.1) is 0 Å². The van der Waals surface area contributed by atoms with Gasteiger partial charge in [0.25, 0.3) is 0 Å². The van der Waals surface area contributed by atoms with Gasteiger partial charge in [0.05, 0.1) is 26.4 Å². The van der Waals surface area contributed by atoms with Gasteiger partial charge in [-0.1, -0.05) is 308 Å². The molecule has 0 saturated carbocycles. The Bertz CT molecular complexity index is 2610. The Kier molecular flexibility index (Phi) is 76.3. The molecular formula is C89H150O17P2. The third-order valence-corrected chi connectivity index (χ3v) is 19.2. The lowest BCUT2D eigenvalue weighted by atomic mass is 10.0. The number of ether oxygens (including phenoxy) is 4. The molecule has 0 heterocycles. The first kappa shape index (κ1) is 103. The molecule has 0 rings (SSSR count). The van der Waals surface area contributed by atoms with E-state index < -0.39 is 97.5 Å². The molecule has 17 nitrogen and oxygen atoms in total. The van der Waals surface area contributed by atoms with Gasteiger partial charge in [-0.05, 0) is 148 Å². The van der Waals surface area contributed by atoms with E-state index >= 15 is 0 Å². The van der Waals surface area contributed by atoms with Crippen LogP contribution in [0.2, 0.25) is 0 Å². The van der Waals surface area contributed by atoms with E-state index in [1.54, 1.807) is 0 Å². The van der Waals surface area contributed by atoms with E-state index in [-0.39, 0.29) is 25.7 Å². The zero-order chi connectivity index (χ0) is 78.9. The predicted octanol–water partition coefficient (Wildman–Crippen LogP) is 25.0. The van der Waals surface area contributed by atoms with Gasteiger partial charge in [-0.25, -0.2) is 9.13 Å². The average Bonchev–Trinajstić information content (AvgIpc) is 0.923. The number of phosphoric ester groups is 2. The minimum atomic E-state index is -5.00. The average molecular weight is 1550 g/mol. The standard InChI is InChI=1S/C89H150O17P2/c1-5-9-13-17-21-25-29-33-37-39-41-43-47-49-53-57-61-65-69-73-86(91)99-79-84(105-88(93)75-71-67-63-59-55-51-45-35-31-27-23-19-15-11-7-3)81-103-107(95,96)101-77-83(90)78-102-108(97,98)104-82-85(106-89(94)76-72-68-64-60-56-52-46-36-32-28-24-20-16-12-8-4)80-100-87(92)74-70-66-62-58-54-50-48-44-42-40-38-34-30-26-22-18-14-10-6-2/h9-10,13-14,21-23,25-27,33-35,37-38,41-45,49-50,53-54,83-85,90H,5-8,11-12,15-20,24,28-32,36,39-40,46-48,51-52,55-82H2,1-4H3,(H,95,96)(H,97,98)/b13-9-,14-10-,25-21-,26-22-,27-23-,37-33-,38-34-,43-41-,44-42-,45-35-,53-49-,54-50-. The Morgan fingerprint density at radius 2 is 0.481 bits per heavy atom. The molecule has 5 unspecified atom stereocenters. The molecule has 618 valence electrons. The molecule has 0 aromatic carbocycles. The number of phosphoric acid groups is 2. The zero-order valence-electron chi connectivity index (χ0n) is 67.7. The van der Waals surface area contributed by atoms with Crippen molar-refractivity contribution in [2.45, 2.75) is 354 Å². The van der Waals surface area contributed by atoms with E-state index in [0.717, 1.165) is 173 Å². The summed E-state index contributed by atoms with van der Waals surface area (Å²) in [6, 6.07) is 0. The molecule has 0 radical (unpaired) electrons. The van der Waals surface area contributed by atoms with Gasteiger partial charge in [0, 0.05) is 25.7 Å². The predicted molar refractivity (Wildman–Crippen MR) is 445 cm³/mol. The molecule has 0 amide bonds. The number of hydrogen-bond acceptors (Lipinski definition) is 15. The number of unbranched alkanes of at least 4 members (excludes halogenated alkanes) is 28. The van der Waals surface area contributed by atoms with E-state index in [0.29, 0.717) is 25.7 Å². The molecule has 3 N–H and O–H groups in total. The summed E-state index contributed by atoms with van der Waals surface area (Å²) in [5.74, 6) is -2.26. The molecule has 0 fully saturated rings. The molecular weight excluding hydrogens is 1400 g/mol. The Morgan fingerprint density at radius 3 is 0.769 bits per heavy atom. The molecule has 5 atom stereocenters. The fraction of sp³-hybridized carbons (Fsp3) is 0.685. The zero-order valence-corrected chi connectivity index (χ0v) is 69.5. The van der Waals surface area contributed by atoms with Crippen LogP contribution in [0.5, 0.6) is 0 Å². The second kappa shape index (κ2) is 80.0. The summed E-state index contributed by atoms with van der Waals surface area (Å²) >= 11 is 0. The van der Waals surface area contributed by atoms with Crippen LogP contribution in [0.25, 0.3) is 0 Å². The first-order valence-electron chi connectivity index (χ1n) is 42.1. The van der Waals surface area contributed by atoms with Crippen LogP contribution < -0.4 is 0 Å². The van der Waals surface area contributed by atoms with Crippen molar-refractivity contribution in [3.05, 3.63) is 146 Å². The monoisotopic (exact) mass is 1550 g/mol. The Labute approximate surface area is 656 Å². The number of esters is 4. The number of allylic oxidation sites excluding steroid dienone is 24. The molecule has 0 aromatic heterocycles. The maximum absolute atomic E-state index is 13.1. The topological polar surface area (TPSA) is 237 Å². The largest absolute Gasteiger partial charge is 0.472 e. The summed E-state index contributed by atoms with van der Waals surface area (Å²) < 4.78 is 68.7. The highest BCUT2D eigenvalue weighted by Crippen LogP contribution is 2.45. The number of rotatable bonds is 78. The minimum absolute atomic E-state index is 0.0674. The van der Waals surface area contributed by atoms with Gasteiger partial charge in [0.15, 0.2) is 12.2 Å². The molecule has 108 heavy (non-hydrogen) atoms. The van der Waals surface area contributed by atoms with Crippen LogP contribution in [0.4, 0.5) is 0 Å². The number of aliphatic hydroxyl groups excluding tert-OH is 1. The van der Waals surface area contributed by atoms with Crippen molar-refractivity contribution in [2.75, 3.05) is 39.6 Å². The summed E-state index contributed by atoms with van der Waals surface area (Å²) in [4.78, 5) is 73.2. The van der Waals surface area contributed by atoms with E-state index in [9.17, 15) is 43.2 Å². The number of carbonyl (C=O) groups excluding carboxylic acids is 4. The van der Waals surface area contributed by atoms with Crippen molar-refractivity contribution in [1.82, 2.24) is 0 Å². The second-order valence-corrected chi connectivity index (χ2v) is 30.6. The van der Waals surface area contributed by atoms with Crippen LogP contribution >= 0.6 is 15.6 Å². The molecule has 0 bridgehead atoms. The summed E-state index contributed by atoms with van der Waals surface area (Å²) in [7, 11) is -9.99. The van der Waals surface area contributed by atoms with Crippen LogP contribution in [0.15, 0.2) is 146 Å². The number of carbonyl (C=O) groups is 4. The molecule has 0 aliphatic carbocycles. The SMILES string of the molecule is CC/C=C\C/C=C\C/C=C\C/C=C\C/C=C\CCCCCC(=O)OCC(COP(=O)(O)OCC(O)COP(=O)(O)OCC(COC(=O)CCCCC/C=C\C/C=C\C/C=C\C/C=C\C/C=C\CC)OC(=O)CCCCCCCCCCCCCCCCC)OC(=O)CCCCCCC/C=C\C/C=C\CCCCC. The van der Waals surface area contributed by atoms with Crippen molar-refractivity contribution >= 4 is 39.5 Å². The second-order valence-electron chi connectivity index (χ2n) is 27.7. The summed E-state index contributed by atoms with van der Waals surface area (Å²) in [6.45, 7) is 4.57. The Morgan fingerprint density at radius 1 is 0.269 bits per heavy atom. The van der Waals surface area contributed by atoms with Gasteiger partial charge in [-0.3, -0.25) is 37.3 Å².